The molecule has 0 amide bonds. The van der Waals surface area contributed by atoms with Crippen LogP contribution in [0.1, 0.15) is 84.5 Å². The van der Waals surface area contributed by atoms with Crippen LogP contribution < -0.4 is 5.32 Å². The predicted octanol–water partition coefficient (Wildman–Crippen LogP) is 5.30. The van der Waals surface area contributed by atoms with Crippen LogP contribution in [0.5, 0.6) is 0 Å². The molecular formula is C27H43NO2. The Labute approximate surface area is 183 Å². The van der Waals surface area contributed by atoms with Gasteiger partial charge in [0.1, 0.15) is 0 Å². The molecule has 4 fully saturated rings. The van der Waals surface area contributed by atoms with Gasteiger partial charge in [-0.15, -0.1) is 0 Å². The maximum absolute atomic E-state index is 10.1. The molecule has 0 saturated heterocycles. The second kappa shape index (κ2) is 9.30. The molecule has 0 spiro atoms. The summed E-state index contributed by atoms with van der Waals surface area (Å²) in [6, 6.07) is 0.832. The first-order valence-corrected chi connectivity index (χ1v) is 12.5. The summed E-state index contributed by atoms with van der Waals surface area (Å²) in [7, 11) is 0. The zero-order chi connectivity index (χ0) is 21.3. The summed E-state index contributed by atoms with van der Waals surface area (Å²) in [5.74, 6) is 2.38. The van der Waals surface area contributed by atoms with E-state index >= 15 is 0 Å². The maximum Gasteiger partial charge on any atom is 0.0809 e. The summed E-state index contributed by atoms with van der Waals surface area (Å²) in [6.07, 6.45) is 16.7. The van der Waals surface area contributed by atoms with Crippen molar-refractivity contribution in [1.82, 2.24) is 5.32 Å². The number of fused-ring (bicyclic) bond motifs is 1. The van der Waals surface area contributed by atoms with Gasteiger partial charge in [-0.2, -0.15) is 0 Å². The summed E-state index contributed by atoms with van der Waals surface area (Å²) in [5.41, 5.74) is 3.80. The monoisotopic (exact) mass is 413 g/mol. The van der Waals surface area contributed by atoms with Crippen molar-refractivity contribution in [2.45, 2.75) is 103 Å². The lowest BCUT2D eigenvalue weighted by Gasteiger charge is -2.44. The molecule has 168 valence electrons. The van der Waals surface area contributed by atoms with E-state index in [4.69, 9.17) is 0 Å². The molecule has 4 aliphatic rings. The van der Waals surface area contributed by atoms with Gasteiger partial charge in [-0.25, -0.2) is 0 Å². The minimum absolute atomic E-state index is 0.450. The van der Waals surface area contributed by atoms with Gasteiger partial charge < -0.3 is 15.5 Å². The lowest BCUT2D eigenvalue weighted by molar-refractivity contribution is 0.0934. The number of allylic oxidation sites excluding steroid dienone is 3. The van der Waals surface area contributed by atoms with E-state index in [-0.39, 0.29) is 0 Å². The molecule has 4 rings (SSSR count). The van der Waals surface area contributed by atoms with Gasteiger partial charge in [0.25, 0.3) is 0 Å². The first kappa shape index (κ1) is 22.3. The highest BCUT2D eigenvalue weighted by Gasteiger charge is 2.50. The van der Waals surface area contributed by atoms with Crippen LogP contribution in [0.4, 0.5) is 0 Å². The molecule has 0 aromatic carbocycles. The maximum atomic E-state index is 10.1. The Hall–Kier alpha value is -0.900. The van der Waals surface area contributed by atoms with E-state index in [9.17, 15) is 10.2 Å². The minimum Gasteiger partial charge on any atom is -0.388 e. The second-order valence-electron chi connectivity index (χ2n) is 11.0. The smallest absolute Gasteiger partial charge is 0.0809 e. The van der Waals surface area contributed by atoms with Crippen LogP contribution in [-0.4, -0.2) is 35.0 Å². The van der Waals surface area contributed by atoms with Crippen molar-refractivity contribution in [3.05, 3.63) is 35.5 Å². The Kier molecular flexibility index (Phi) is 6.91. The van der Waals surface area contributed by atoms with E-state index in [0.29, 0.717) is 29.7 Å². The standard InChI is InChI=1S/C27H43NO2/c1-18(6-5-15-28-22-10-11-22)23-12-13-24-21(7-4-14-27(23,24)3)9-8-20-16-25(29)19(2)26(30)17-20/h8-9,18,22-26,28-30H,2,4-7,10-17H2,1,3H3/b20-8?,21-9+/t18-,23?,24?,25-,26+,27+/m0/s1. The third-order valence-corrected chi connectivity index (χ3v) is 8.87. The zero-order valence-electron chi connectivity index (χ0n) is 19.2. The van der Waals surface area contributed by atoms with E-state index in [1.54, 1.807) is 5.57 Å². The minimum atomic E-state index is -0.596. The van der Waals surface area contributed by atoms with Gasteiger partial charge in [0.05, 0.1) is 12.2 Å². The van der Waals surface area contributed by atoms with Gasteiger partial charge in [-0.1, -0.05) is 43.7 Å². The number of rotatable bonds is 7. The van der Waals surface area contributed by atoms with Crippen LogP contribution in [0.25, 0.3) is 0 Å². The molecule has 6 atom stereocenters. The highest BCUT2D eigenvalue weighted by atomic mass is 16.3. The van der Waals surface area contributed by atoms with Gasteiger partial charge in [0.2, 0.25) is 0 Å². The van der Waals surface area contributed by atoms with Gasteiger partial charge >= 0.3 is 0 Å². The van der Waals surface area contributed by atoms with Crippen molar-refractivity contribution in [1.29, 1.82) is 0 Å². The number of nitrogens with one attached hydrogen (secondary N) is 1. The molecule has 4 saturated carbocycles. The van der Waals surface area contributed by atoms with Crippen LogP contribution in [0, 0.1) is 23.2 Å². The molecule has 0 bridgehead atoms. The molecule has 4 aliphatic carbocycles. The summed E-state index contributed by atoms with van der Waals surface area (Å²) in [4.78, 5) is 0. The van der Waals surface area contributed by atoms with Gasteiger partial charge in [-0.3, -0.25) is 0 Å². The Balaban J connectivity index is 1.38. The Morgan fingerprint density at radius 3 is 2.57 bits per heavy atom. The van der Waals surface area contributed by atoms with E-state index in [0.717, 1.165) is 23.5 Å². The molecule has 3 heteroatoms. The van der Waals surface area contributed by atoms with Crippen LogP contribution in [0.15, 0.2) is 35.5 Å². The largest absolute Gasteiger partial charge is 0.388 e. The normalized spacial score (nSPS) is 40.7. The van der Waals surface area contributed by atoms with E-state index in [1.807, 2.05) is 0 Å². The van der Waals surface area contributed by atoms with Crippen LogP contribution in [-0.2, 0) is 0 Å². The van der Waals surface area contributed by atoms with Crippen molar-refractivity contribution < 1.29 is 10.2 Å². The Morgan fingerprint density at radius 1 is 1.13 bits per heavy atom. The molecule has 3 N–H and O–H groups in total. The fraction of sp³-hybridized carbons (Fsp3) is 0.778. The highest BCUT2D eigenvalue weighted by molar-refractivity contribution is 5.29. The summed E-state index contributed by atoms with van der Waals surface area (Å²) < 4.78 is 0. The quantitative estimate of drug-likeness (QED) is 0.392. The summed E-state index contributed by atoms with van der Waals surface area (Å²) in [6.45, 7) is 10.1. The Bertz CT molecular complexity index is 675. The lowest BCUT2D eigenvalue weighted by Crippen LogP contribution is -2.36. The SMILES string of the molecule is C=C1[C@H](O)CC(=C/C=C2\CCC[C@@]3(C)C2CCC3[C@@H](C)CCCNC2CC2)C[C@@H]1O. The van der Waals surface area contributed by atoms with Crippen molar-refractivity contribution in [3.63, 3.8) is 0 Å². The molecule has 0 aromatic rings. The van der Waals surface area contributed by atoms with Gasteiger partial charge in [-0.05, 0) is 106 Å². The number of aliphatic hydroxyl groups is 2. The first-order valence-electron chi connectivity index (χ1n) is 12.5. The molecule has 30 heavy (non-hydrogen) atoms. The molecule has 0 aliphatic heterocycles. The molecule has 0 heterocycles. The van der Waals surface area contributed by atoms with E-state index in [1.165, 1.54) is 64.3 Å². The number of hydrogen-bond donors (Lipinski definition) is 3. The third kappa shape index (κ3) is 4.79. The molecule has 3 nitrogen and oxygen atoms in total. The van der Waals surface area contributed by atoms with Crippen molar-refractivity contribution in [2.75, 3.05) is 6.54 Å². The average Bonchev–Trinajstić information content (AvgIpc) is 3.47. The van der Waals surface area contributed by atoms with Crippen LogP contribution in [0.2, 0.25) is 0 Å². The molecule has 2 unspecified atom stereocenters. The van der Waals surface area contributed by atoms with Crippen LogP contribution >= 0.6 is 0 Å². The van der Waals surface area contributed by atoms with Crippen molar-refractivity contribution >= 4 is 0 Å². The molecule has 0 aromatic heterocycles. The first-order chi connectivity index (χ1) is 14.4. The van der Waals surface area contributed by atoms with Gasteiger partial charge in [0.15, 0.2) is 0 Å². The predicted molar refractivity (Wildman–Crippen MR) is 124 cm³/mol. The van der Waals surface area contributed by atoms with E-state index < -0.39 is 12.2 Å². The second-order valence-corrected chi connectivity index (χ2v) is 11.0. The number of hydrogen-bond acceptors (Lipinski definition) is 3. The van der Waals surface area contributed by atoms with E-state index in [2.05, 4.69) is 37.9 Å². The third-order valence-electron chi connectivity index (χ3n) is 8.87. The lowest BCUT2D eigenvalue weighted by atomic mass is 9.60. The molecule has 0 radical (unpaired) electrons. The van der Waals surface area contributed by atoms with Crippen molar-refractivity contribution in [2.24, 2.45) is 23.2 Å². The molecular weight excluding hydrogens is 370 g/mol. The summed E-state index contributed by atoms with van der Waals surface area (Å²) in [5, 5.41) is 24.0. The van der Waals surface area contributed by atoms with Crippen LogP contribution in [0.3, 0.4) is 0 Å². The fourth-order valence-electron chi connectivity index (χ4n) is 6.86. The fourth-order valence-corrected chi connectivity index (χ4v) is 6.86. The highest BCUT2D eigenvalue weighted by Crippen LogP contribution is 2.59. The Morgan fingerprint density at radius 2 is 1.87 bits per heavy atom. The number of aliphatic hydroxyl groups excluding tert-OH is 2. The van der Waals surface area contributed by atoms with Crippen molar-refractivity contribution in [3.8, 4) is 0 Å². The topological polar surface area (TPSA) is 52.5 Å². The average molecular weight is 414 g/mol. The van der Waals surface area contributed by atoms with Gasteiger partial charge in [0, 0.05) is 6.04 Å². The summed E-state index contributed by atoms with van der Waals surface area (Å²) >= 11 is 0. The zero-order valence-corrected chi connectivity index (χ0v) is 19.2.